The molecule has 0 unspecified atom stereocenters. The second-order valence-electron chi connectivity index (χ2n) is 4.82. The van der Waals surface area contributed by atoms with Gasteiger partial charge in [0.2, 0.25) is 0 Å². The predicted molar refractivity (Wildman–Crippen MR) is 76.2 cm³/mol. The van der Waals surface area contributed by atoms with Gasteiger partial charge < -0.3 is 5.32 Å². The van der Waals surface area contributed by atoms with Gasteiger partial charge in [0.05, 0.1) is 5.54 Å². The molecule has 0 aliphatic carbocycles. The van der Waals surface area contributed by atoms with Gasteiger partial charge in [-0.3, -0.25) is 9.78 Å². The minimum absolute atomic E-state index is 0.126. The van der Waals surface area contributed by atoms with Crippen LogP contribution >= 0.6 is 11.6 Å². The van der Waals surface area contributed by atoms with Crippen molar-refractivity contribution in [1.82, 2.24) is 10.3 Å². The number of aromatic nitrogens is 1. The zero-order chi connectivity index (χ0) is 13.9. The van der Waals surface area contributed by atoms with Gasteiger partial charge in [-0.2, -0.15) is 0 Å². The number of nitrogens with one attached hydrogen (secondary N) is 1. The molecule has 1 heterocycles. The minimum atomic E-state index is -0.459. The van der Waals surface area contributed by atoms with E-state index in [2.05, 4.69) is 10.3 Å². The summed E-state index contributed by atoms with van der Waals surface area (Å²) in [7, 11) is 0. The lowest BCUT2D eigenvalue weighted by molar-refractivity contribution is 0.0912. The van der Waals surface area contributed by atoms with E-state index in [0.29, 0.717) is 10.6 Å². The number of carbonyl (C=O) groups excluding carboxylic acids is 1. The van der Waals surface area contributed by atoms with Crippen LogP contribution in [0.4, 0.5) is 0 Å². The third-order valence-corrected chi connectivity index (χ3v) is 3.19. The van der Waals surface area contributed by atoms with Crippen LogP contribution in [-0.4, -0.2) is 10.9 Å². The molecule has 0 aliphatic rings. The Kier molecular flexibility index (Phi) is 3.86. The van der Waals surface area contributed by atoms with Crippen LogP contribution in [0.25, 0.3) is 0 Å². The Bertz CT molecular complexity index is 564. The molecule has 1 aromatic carbocycles. The Morgan fingerprint density at radius 1 is 1.11 bits per heavy atom. The van der Waals surface area contributed by atoms with Gasteiger partial charge in [-0.15, -0.1) is 0 Å². The summed E-state index contributed by atoms with van der Waals surface area (Å²) in [6.07, 6.45) is 3.43. The molecule has 98 valence electrons. The lowest BCUT2D eigenvalue weighted by Crippen LogP contribution is -2.40. The van der Waals surface area contributed by atoms with Crippen LogP contribution in [0, 0.1) is 0 Å². The molecule has 4 heteroatoms. The fourth-order valence-electron chi connectivity index (χ4n) is 1.80. The van der Waals surface area contributed by atoms with Crippen LogP contribution in [-0.2, 0) is 5.54 Å². The number of hydrogen-bond donors (Lipinski definition) is 1. The number of nitrogens with zero attached hydrogens (tertiary/aromatic N) is 1. The zero-order valence-electron chi connectivity index (χ0n) is 10.9. The highest BCUT2D eigenvalue weighted by Gasteiger charge is 2.23. The molecule has 0 aliphatic heterocycles. The van der Waals surface area contributed by atoms with E-state index >= 15 is 0 Å². The molecular formula is C15H15ClN2O. The van der Waals surface area contributed by atoms with Crippen molar-refractivity contribution in [2.75, 3.05) is 0 Å². The summed E-state index contributed by atoms with van der Waals surface area (Å²) in [4.78, 5) is 16.2. The zero-order valence-corrected chi connectivity index (χ0v) is 11.6. The summed E-state index contributed by atoms with van der Waals surface area (Å²) in [6, 6.07) is 10.6. The Hall–Kier alpha value is -1.87. The first kappa shape index (κ1) is 13.6. The fourth-order valence-corrected chi connectivity index (χ4v) is 1.92. The van der Waals surface area contributed by atoms with Gasteiger partial charge in [0.1, 0.15) is 0 Å². The van der Waals surface area contributed by atoms with E-state index in [-0.39, 0.29) is 5.91 Å². The first-order chi connectivity index (χ1) is 8.99. The quantitative estimate of drug-likeness (QED) is 0.932. The van der Waals surface area contributed by atoms with Crippen molar-refractivity contribution < 1.29 is 4.79 Å². The molecule has 2 rings (SSSR count). The smallest absolute Gasteiger partial charge is 0.251 e. The van der Waals surface area contributed by atoms with E-state index in [1.165, 1.54) is 0 Å². The van der Waals surface area contributed by atoms with E-state index in [9.17, 15) is 4.79 Å². The van der Waals surface area contributed by atoms with Gasteiger partial charge in [0.15, 0.2) is 0 Å². The van der Waals surface area contributed by atoms with Crippen molar-refractivity contribution in [3.63, 3.8) is 0 Å². The third-order valence-electron chi connectivity index (χ3n) is 2.93. The van der Waals surface area contributed by atoms with E-state index in [1.54, 1.807) is 36.7 Å². The van der Waals surface area contributed by atoms with E-state index in [1.807, 2.05) is 26.0 Å². The summed E-state index contributed by atoms with van der Waals surface area (Å²) < 4.78 is 0. The summed E-state index contributed by atoms with van der Waals surface area (Å²) in [6.45, 7) is 3.91. The Morgan fingerprint density at radius 2 is 1.68 bits per heavy atom. The van der Waals surface area contributed by atoms with Crippen LogP contribution in [0.15, 0.2) is 48.8 Å². The number of rotatable bonds is 3. The minimum Gasteiger partial charge on any atom is -0.343 e. The van der Waals surface area contributed by atoms with E-state index < -0.39 is 5.54 Å². The average Bonchev–Trinajstić information content (AvgIpc) is 2.40. The maximum Gasteiger partial charge on any atom is 0.251 e. The number of pyridine rings is 1. The third kappa shape index (κ3) is 3.32. The second-order valence-corrected chi connectivity index (χ2v) is 5.26. The standard InChI is InChI=1S/C15H15ClN2O/c1-15(2,12-7-9-17-10-8-12)18-14(19)11-3-5-13(16)6-4-11/h3-10H,1-2H3,(H,18,19). The van der Waals surface area contributed by atoms with Crippen LogP contribution in [0.1, 0.15) is 29.8 Å². The molecule has 0 spiro atoms. The molecule has 1 N–H and O–H groups in total. The van der Waals surface area contributed by atoms with Crippen molar-refractivity contribution in [2.45, 2.75) is 19.4 Å². The maximum atomic E-state index is 12.2. The topological polar surface area (TPSA) is 42.0 Å². The summed E-state index contributed by atoms with van der Waals surface area (Å²) in [5.41, 5.74) is 1.14. The summed E-state index contributed by atoms with van der Waals surface area (Å²) >= 11 is 5.81. The molecule has 3 nitrogen and oxygen atoms in total. The number of benzene rings is 1. The lowest BCUT2D eigenvalue weighted by Gasteiger charge is -2.26. The summed E-state index contributed by atoms with van der Waals surface area (Å²) in [5, 5.41) is 3.61. The van der Waals surface area contributed by atoms with Crippen molar-refractivity contribution in [3.05, 3.63) is 64.9 Å². The van der Waals surface area contributed by atoms with Gasteiger partial charge in [-0.1, -0.05) is 11.6 Å². The predicted octanol–water partition coefficient (Wildman–Crippen LogP) is 3.40. The molecular weight excluding hydrogens is 260 g/mol. The van der Waals surface area contributed by atoms with Crippen molar-refractivity contribution >= 4 is 17.5 Å². The average molecular weight is 275 g/mol. The van der Waals surface area contributed by atoms with Gasteiger partial charge >= 0.3 is 0 Å². The van der Waals surface area contributed by atoms with E-state index in [0.717, 1.165) is 5.56 Å². The van der Waals surface area contributed by atoms with Gasteiger partial charge in [-0.05, 0) is 55.8 Å². The van der Waals surface area contributed by atoms with Gasteiger partial charge in [0, 0.05) is 23.0 Å². The van der Waals surface area contributed by atoms with Crippen molar-refractivity contribution in [1.29, 1.82) is 0 Å². The highest BCUT2D eigenvalue weighted by molar-refractivity contribution is 6.30. The first-order valence-electron chi connectivity index (χ1n) is 5.97. The molecule has 0 atom stereocenters. The lowest BCUT2D eigenvalue weighted by atomic mass is 9.95. The molecule has 0 radical (unpaired) electrons. The highest BCUT2D eigenvalue weighted by Crippen LogP contribution is 2.20. The SMILES string of the molecule is CC(C)(NC(=O)c1ccc(Cl)cc1)c1ccncc1. The number of carbonyl (C=O) groups is 1. The molecule has 19 heavy (non-hydrogen) atoms. The monoisotopic (exact) mass is 274 g/mol. The van der Waals surface area contributed by atoms with Crippen LogP contribution in [0.5, 0.6) is 0 Å². The molecule has 2 aromatic rings. The van der Waals surface area contributed by atoms with Crippen LogP contribution in [0.2, 0.25) is 5.02 Å². The number of amides is 1. The van der Waals surface area contributed by atoms with Crippen molar-refractivity contribution in [3.8, 4) is 0 Å². The Labute approximate surface area is 117 Å². The Morgan fingerprint density at radius 3 is 2.26 bits per heavy atom. The fraction of sp³-hybridized carbons (Fsp3) is 0.200. The largest absolute Gasteiger partial charge is 0.343 e. The normalized spacial score (nSPS) is 11.1. The van der Waals surface area contributed by atoms with Crippen LogP contribution in [0.3, 0.4) is 0 Å². The molecule has 0 fully saturated rings. The molecule has 0 saturated heterocycles. The number of hydrogen-bond acceptors (Lipinski definition) is 2. The second kappa shape index (κ2) is 5.41. The first-order valence-corrected chi connectivity index (χ1v) is 6.35. The summed E-state index contributed by atoms with van der Waals surface area (Å²) in [5.74, 6) is -0.126. The Balaban J connectivity index is 2.16. The van der Waals surface area contributed by atoms with Crippen molar-refractivity contribution in [2.24, 2.45) is 0 Å². The molecule has 0 bridgehead atoms. The van der Waals surface area contributed by atoms with E-state index in [4.69, 9.17) is 11.6 Å². The number of halogens is 1. The molecule has 1 amide bonds. The van der Waals surface area contributed by atoms with Crippen LogP contribution < -0.4 is 5.32 Å². The maximum absolute atomic E-state index is 12.2. The molecule has 1 aromatic heterocycles. The van der Waals surface area contributed by atoms with Gasteiger partial charge in [-0.25, -0.2) is 0 Å². The molecule has 0 saturated carbocycles. The van der Waals surface area contributed by atoms with Gasteiger partial charge in [0.25, 0.3) is 5.91 Å². The highest BCUT2D eigenvalue weighted by atomic mass is 35.5.